The first-order valence-corrected chi connectivity index (χ1v) is 7.31. The molecule has 2 aromatic rings. The molecule has 0 aromatic heterocycles. The number of carboxylic acid groups (broad SMARTS) is 1. The standard InChI is InChI=1S/C14H9Cl2FO2S/c15-12-4-3-10(6-11(12)14(18)19)20-7-8-1-2-9(17)5-13(8)16/h1-6H,7H2,(H,18,19). The van der Waals surface area contributed by atoms with Crippen LogP contribution in [0, 0.1) is 5.82 Å². The molecule has 0 aliphatic rings. The molecule has 0 saturated heterocycles. The van der Waals surface area contributed by atoms with Gasteiger partial charge in [-0.3, -0.25) is 0 Å². The van der Waals surface area contributed by atoms with Gasteiger partial charge in [0.1, 0.15) is 5.82 Å². The molecule has 0 heterocycles. The summed E-state index contributed by atoms with van der Waals surface area (Å²) in [5, 5.41) is 9.54. The molecule has 0 spiro atoms. The van der Waals surface area contributed by atoms with Crippen molar-refractivity contribution in [2.24, 2.45) is 0 Å². The molecule has 6 heteroatoms. The lowest BCUT2D eigenvalue weighted by atomic mass is 10.2. The van der Waals surface area contributed by atoms with Gasteiger partial charge >= 0.3 is 5.97 Å². The van der Waals surface area contributed by atoms with Gasteiger partial charge in [-0.2, -0.15) is 0 Å². The number of thioether (sulfide) groups is 1. The molecule has 0 unspecified atom stereocenters. The van der Waals surface area contributed by atoms with E-state index in [1.807, 2.05) is 0 Å². The fourth-order valence-corrected chi connectivity index (χ4v) is 3.01. The van der Waals surface area contributed by atoms with Crippen molar-refractivity contribution in [2.45, 2.75) is 10.6 Å². The first-order valence-electron chi connectivity index (χ1n) is 5.57. The maximum atomic E-state index is 12.9. The third-order valence-corrected chi connectivity index (χ3v) is 4.30. The third kappa shape index (κ3) is 3.66. The van der Waals surface area contributed by atoms with Gasteiger partial charge in [0.2, 0.25) is 0 Å². The number of halogens is 3. The van der Waals surface area contributed by atoms with Crippen molar-refractivity contribution in [1.29, 1.82) is 0 Å². The predicted octanol–water partition coefficient (Wildman–Crippen LogP) is 5.12. The van der Waals surface area contributed by atoms with Gasteiger partial charge in [0.25, 0.3) is 0 Å². The summed E-state index contributed by atoms with van der Waals surface area (Å²) in [7, 11) is 0. The zero-order chi connectivity index (χ0) is 14.7. The van der Waals surface area contributed by atoms with Crippen molar-refractivity contribution in [1.82, 2.24) is 0 Å². The number of aromatic carboxylic acids is 1. The Morgan fingerprint density at radius 3 is 2.55 bits per heavy atom. The fraction of sp³-hybridized carbons (Fsp3) is 0.0714. The molecule has 1 N–H and O–H groups in total. The summed E-state index contributed by atoms with van der Waals surface area (Å²) in [6.07, 6.45) is 0. The van der Waals surface area contributed by atoms with E-state index < -0.39 is 5.97 Å². The highest BCUT2D eigenvalue weighted by Gasteiger charge is 2.10. The van der Waals surface area contributed by atoms with Crippen molar-refractivity contribution in [3.8, 4) is 0 Å². The van der Waals surface area contributed by atoms with Crippen molar-refractivity contribution in [3.05, 3.63) is 63.4 Å². The number of hydrogen-bond acceptors (Lipinski definition) is 2. The molecule has 0 atom stereocenters. The van der Waals surface area contributed by atoms with Gasteiger partial charge in [-0.05, 0) is 35.9 Å². The first-order chi connectivity index (χ1) is 9.47. The lowest BCUT2D eigenvalue weighted by Gasteiger charge is -2.06. The van der Waals surface area contributed by atoms with E-state index in [1.165, 1.54) is 30.0 Å². The number of carboxylic acids is 1. The van der Waals surface area contributed by atoms with Crippen molar-refractivity contribution in [3.63, 3.8) is 0 Å². The molecule has 2 nitrogen and oxygen atoms in total. The minimum atomic E-state index is -1.07. The summed E-state index contributed by atoms with van der Waals surface area (Å²) >= 11 is 13.1. The van der Waals surface area contributed by atoms with E-state index >= 15 is 0 Å². The molecule has 0 radical (unpaired) electrons. The van der Waals surface area contributed by atoms with E-state index in [0.717, 1.165) is 10.5 Å². The van der Waals surface area contributed by atoms with E-state index in [9.17, 15) is 9.18 Å². The highest BCUT2D eigenvalue weighted by atomic mass is 35.5. The highest BCUT2D eigenvalue weighted by molar-refractivity contribution is 7.98. The zero-order valence-corrected chi connectivity index (χ0v) is 12.4. The fourth-order valence-electron chi connectivity index (χ4n) is 1.56. The second-order valence-corrected chi connectivity index (χ2v) is 5.83. The minimum absolute atomic E-state index is 0.0573. The highest BCUT2D eigenvalue weighted by Crippen LogP contribution is 2.29. The molecular weight excluding hydrogens is 322 g/mol. The van der Waals surface area contributed by atoms with Crippen LogP contribution >= 0.6 is 35.0 Å². The normalized spacial score (nSPS) is 10.6. The van der Waals surface area contributed by atoms with E-state index in [4.69, 9.17) is 28.3 Å². The summed E-state index contributed by atoms with van der Waals surface area (Å²) in [5.41, 5.74) is 0.840. The van der Waals surface area contributed by atoms with Gasteiger partial charge in [0.15, 0.2) is 0 Å². The van der Waals surface area contributed by atoms with Crippen LogP contribution in [-0.2, 0) is 5.75 Å². The molecule has 0 aliphatic carbocycles. The van der Waals surface area contributed by atoms with E-state index in [-0.39, 0.29) is 16.4 Å². The van der Waals surface area contributed by atoms with Crippen LogP contribution in [0.5, 0.6) is 0 Å². The van der Waals surface area contributed by atoms with Crippen LogP contribution in [0.1, 0.15) is 15.9 Å². The van der Waals surface area contributed by atoms with Gasteiger partial charge in [-0.25, -0.2) is 9.18 Å². The topological polar surface area (TPSA) is 37.3 Å². The summed E-state index contributed by atoms with van der Waals surface area (Å²) in [6.45, 7) is 0. The molecule has 0 saturated carbocycles. The Labute approximate surface area is 129 Å². The van der Waals surface area contributed by atoms with Crippen LogP contribution in [0.3, 0.4) is 0 Å². The largest absolute Gasteiger partial charge is 0.478 e. The van der Waals surface area contributed by atoms with Gasteiger partial charge < -0.3 is 5.11 Å². The van der Waals surface area contributed by atoms with Gasteiger partial charge in [-0.15, -0.1) is 11.8 Å². The van der Waals surface area contributed by atoms with E-state index in [1.54, 1.807) is 18.2 Å². The Balaban J connectivity index is 2.15. The first kappa shape index (κ1) is 15.2. The second-order valence-electron chi connectivity index (χ2n) is 3.97. The Kier molecular flexibility index (Phi) is 4.91. The van der Waals surface area contributed by atoms with Gasteiger partial charge in [-0.1, -0.05) is 29.3 Å². The van der Waals surface area contributed by atoms with Crippen LogP contribution in [0.4, 0.5) is 4.39 Å². The maximum Gasteiger partial charge on any atom is 0.337 e. The quantitative estimate of drug-likeness (QED) is 0.790. The average Bonchev–Trinajstić information content (AvgIpc) is 2.39. The minimum Gasteiger partial charge on any atom is -0.478 e. The van der Waals surface area contributed by atoms with Crippen LogP contribution in [0.2, 0.25) is 10.0 Å². The Bertz CT molecular complexity index is 662. The summed E-state index contributed by atoms with van der Waals surface area (Å²) in [6, 6.07) is 8.98. The Hall–Kier alpha value is -1.23. The Morgan fingerprint density at radius 2 is 1.90 bits per heavy atom. The summed E-state index contributed by atoms with van der Waals surface area (Å²) in [4.78, 5) is 11.7. The van der Waals surface area contributed by atoms with E-state index in [2.05, 4.69) is 0 Å². The van der Waals surface area contributed by atoms with Crippen molar-refractivity contribution < 1.29 is 14.3 Å². The molecule has 104 valence electrons. The van der Waals surface area contributed by atoms with Crippen LogP contribution in [-0.4, -0.2) is 11.1 Å². The molecule has 0 amide bonds. The summed E-state index contributed by atoms with van der Waals surface area (Å²) in [5.74, 6) is -0.944. The molecule has 0 bridgehead atoms. The molecule has 0 aliphatic heterocycles. The van der Waals surface area contributed by atoms with Crippen molar-refractivity contribution >= 4 is 40.9 Å². The third-order valence-electron chi connectivity index (χ3n) is 2.58. The number of hydrogen-bond donors (Lipinski definition) is 1. The smallest absolute Gasteiger partial charge is 0.337 e. The van der Waals surface area contributed by atoms with Crippen molar-refractivity contribution in [2.75, 3.05) is 0 Å². The Morgan fingerprint density at radius 1 is 1.15 bits per heavy atom. The van der Waals surface area contributed by atoms with Gasteiger partial charge in [0, 0.05) is 15.7 Å². The number of rotatable bonds is 4. The predicted molar refractivity (Wildman–Crippen MR) is 79.4 cm³/mol. The summed E-state index contributed by atoms with van der Waals surface area (Å²) < 4.78 is 12.9. The van der Waals surface area contributed by atoms with Crippen LogP contribution in [0.25, 0.3) is 0 Å². The molecule has 20 heavy (non-hydrogen) atoms. The van der Waals surface area contributed by atoms with E-state index in [0.29, 0.717) is 10.8 Å². The monoisotopic (exact) mass is 330 g/mol. The molecule has 0 fully saturated rings. The number of carbonyl (C=O) groups is 1. The zero-order valence-electron chi connectivity index (χ0n) is 10.1. The van der Waals surface area contributed by atoms with Crippen LogP contribution < -0.4 is 0 Å². The molecule has 2 rings (SSSR count). The molecular formula is C14H9Cl2FO2S. The number of benzene rings is 2. The average molecular weight is 331 g/mol. The van der Waals surface area contributed by atoms with Gasteiger partial charge in [0.05, 0.1) is 10.6 Å². The SMILES string of the molecule is O=C(O)c1cc(SCc2ccc(F)cc2Cl)ccc1Cl. The lowest BCUT2D eigenvalue weighted by Crippen LogP contribution is -1.97. The second kappa shape index (κ2) is 6.48. The van der Waals surface area contributed by atoms with Crippen LogP contribution in [0.15, 0.2) is 41.3 Å². The lowest BCUT2D eigenvalue weighted by molar-refractivity contribution is 0.0697. The molecule has 2 aromatic carbocycles. The maximum absolute atomic E-state index is 12.9.